The Morgan fingerprint density at radius 2 is 1.93 bits per heavy atom. The summed E-state index contributed by atoms with van der Waals surface area (Å²) in [7, 11) is 0. The van der Waals surface area contributed by atoms with Gasteiger partial charge in [0.25, 0.3) is 0 Å². The van der Waals surface area contributed by atoms with Crippen molar-refractivity contribution in [2.45, 2.75) is 52.7 Å². The maximum atomic E-state index is 11.6. The first-order valence-corrected chi connectivity index (χ1v) is 9.92. The molecule has 1 amide bonds. The molecular formula is C20H34IN5O3. The van der Waals surface area contributed by atoms with Crippen molar-refractivity contribution in [2.75, 3.05) is 26.2 Å². The van der Waals surface area contributed by atoms with Gasteiger partial charge in [0.1, 0.15) is 5.60 Å². The fourth-order valence-corrected chi connectivity index (χ4v) is 2.25. The molecule has 1 heterocycles. The van der Waals surface area contributed by atoms with Crippen LogP contribution in [0.15, 0.2) is 23.3 Å². The number of carbonyl (C=O) groups excluding carboxylic acids is 1. The normalized spacial score (nSPS) is 13.9. The highest BCUT2D eigenvalue weighted by Crippen LogP contribution is 2.29. The van der Waals surface area contributed by atoms with E-state index in [1.165, 1.54) is 12.8 Å². The van der Waals surface area contributed by atoms with Crippen LogP contribution in [0.25, 0.3) is 0 Å². The van der Waals surface area contributed by atoms with Crippen molar-refractivity contribution in [1.82, 2.24) is 20.9 Å². The largest absolute Gasteiger partial charge is 0.477 e. The molecule has 0 bridgehead atoms. The number of pyridine rings is 1. The second kappa shape index (κ2) is 12.7. The summed E-state index contributed by atoms with van der Waals surface area (Å²) in [4.78, 5) is 20.5. The molecule has 1 aromatic heterocycles. The van der Waals surface area contributed by atoms with Gasteiger partial charge in [0.15, 0.2) is 5.96 Å². The number of guanidine groups is 1. The van der Waals surface area contributed by atoms with Crippen LogP contribution in [0.1, 0.15) is 46.1 Å². The number of halogens is 1. The average Bonchev–Trinajstić information content (AvgIpc) is 3.45. The van der Waals surface area contributed by atoms with Gasteiger partial charge in [-0.25, -0.2) is 14.8 Å². The molecule has 9 heteroatoms. The van der Waals surface area contributed by atoms with E-state index in [0.29, 0.717) is 37.4 Å². The average molecular weight is 519 g/mol. The van der Waals surface area contributed by atoms with Crippen molar-refractivity contribution in [1.29, 1.82) is 0 Å². The van der Waals surface area contributed by atoms with Gasteiger partial charge >= 0.3 is 6.09 Å². The number of nitrogens with one attached hydrogen (secondary N) is 3. The van der Waals surface area contributed by atoms with Crippen molar-refractivity contribution >= 4 is 36.0 Å². The van der Waals surface area contributed by atoms with E-state index in [1.807, 2.05) is 39.8 Å². The molecule has 0 unspecified atom stereocenters. The predicted molar refractivity (Wildman–Crippen MR) is 125 cm³/mol. The second-order valence-electron chi connectivity index (χ2n) is 7.81. The van der Waals surface area contributed by atoms with Crippen LogP contribution in [0.5, 0.6) is 5.88 Å². The van der Waals surface area contributed by atoms with Crippen molar-refractivity contribution in [3.63, 3.8) is 0 Å². The van der Waals surface area contributed by atoms with Gasteiger partial charge in [-0.2, -0.15) is 0 Å². The first kappa shape index (κ1) is 25.3. The Kier molecular flexibility index (Phi) is 11.1. The summed E-state index contributed by atoms with van der Waals surface area (Å²) in [6, 6.07) is 3.87. The summed E-state index contributed by atoms with van der Waals surface area (Å²) >= 11 is 0. The highest BCUT2D eigenvalue weighted by molar-refractivity contribution is 14.0. The van der Waals surface area contributed by atoms with Crippen LogP contribution in [0.4, 0.5) is 4.79 Å². The number of hydrogen-bond acceptors (Lipinski definition) is 5. The summed E-state index contributed by atoms with van der Waals surface area (Å²) in [6.07, 6.45) is 3.89. The smallest absolute Gasteiger partial charge is 0.407 e. The van der Waals surface area contributed by atoms with E-state index in [0.717, 1.165) is 18.7 Å². The topological polar surface area (TPSA) is 96.9 Å². The maximum Gasteiger partial charge on any atom is 0.407 e. The van der Waals surface area contributed by atoms with Crippen LogP contribution in [-0.2, 0) is 11.3 Å². The van der Waals surface area contributed by atoms with Crippen LogP contribution in [-0.4, -0.2) is 48.9 Å². The number of hydrogen-bond donors (Lipinski definition) is 3. The molecule has 0 aliphatic heterocycles. The first-order valence-electron chi connectivity index (χ1n) is 9.92. The maximum absolute atomic E-state index is 11.6. The molecule has 29 heavy (non-hydrogen) atoms. The van der Waals surface area contributed by atoms with Gasteiger partial charge < -0.3 is 25.4 Å². The van der Waals surface area contributed by atoms with Gasteiger partial charge in [-0.15, -0.1) is 24.0 Å². The zero-order valence-corrected chi connectivity index (χ0v) is 20.1. The van der Waals surface area contributed by atoms with Crippen molar-refractivity contribution in [3.8, 4) is 5.88 Å². The molecule has 1 fully saturated rings. The molecule has 0 atom stereocenters. The molecule has 1 aromatic rings. The summed E-state index contributed by atoms with van der Waals surface area (Å²) < 4.78 is 10.8. The van der Waals surface area contributed by atoms with E-state index in [2.05, 4.69) is 25.9 Å². The third kappa shape index (κ3) is 11.7. The SMILES string of the molecule is CCNC(=NCc1ccc(OCC2CC2)nc1)NCCNC(=O)OC(C)(C)C.I. The third-order valence-electron chi connectivity index (χ3n) is 3.81. The summed E-state index contributed by atoms with van der Waals surface area (Å²) in [6.45, 7) is 10.5. The van der Waals surface area contributed by atoms with Crippen LogP contribution >= 0.6 is 24.0 Å². The monoisotopic (exact) mass is 519 g/mol. The van der Waals surface area contributed by atoms with E-state index < -0.39 is 11.7 Å². The molecular weight excluding hydrogens is 485 g/mol. The van der Waals surface area contributed by atoms with E-state index in [-0.39, 0.29) is 24.0 Å². The fourth-order valence-electron chi connectivity index (χ4n) is 2.25. The van der Waals surface area contributed by atoms with Crippen molar-refractivity contribution in [3.05, 3.63) is 23.9 Å². The minimum Gasteiger partial charge on any atom is -0.477 e. The van der Waals surface area contributed by atoms with E-state index in [4.69, 9.17) is 9.47 Å². The van der Waals surface area contributed by atoms with E-state index in [9.17, 15) is 4.79 Å². The van der Waals surface area contributed by atoms with Gasteiger partial charge in [0, 0.05) is 31.9 Å². The number of nitrogens with zero attached hydrogens (tertiary/aromatic N) is 2. The molecule has 1 saturated carbocycles. The number of amides is 1. The molecule has 0 spiro atoms. The van der Waals surface area contributed by atoms with Crippen LogP contribution < -0.4 is 20.7 Å². The van der Waals surface area contributed by atoms with Gasteiger partial charge in [0.2, 0.25) is 5.88 Å². The number of aliphatic imine (C=N–C) groups is 1. The zero-order chi connectivity index (χ0) is 20.4. The van der Waals surface area contributed by atoms with Gasteiger partial charge in [-0.3, -0.25) is 0 Å². The van der Waals surface area contributed by atoms with Crippen LogP contribution in [0.3, 0.4) is 0 Å². The molecule has 164 valence electrons. The van der Waals surface area contributed by atoms with E-state index >= 15 is 0 Å². The van der Waals surface area contributed by atoms with Crippen molar-refractivity contribution in [2.24, 2.45) is 10.9 Å². The second-order valence-corrected chi connectivity index (χ2v) is 7.81. The number of carbonyl (C=O) groups is 1. The van der Waals surface area contributed by atoms with Gasteiger partial charge in [-0.1, -0.05) is 6.07 Å². The molecule has 1 aliphatic rings. The lowest BCUT2D eigenvalue weighted by atomic mass is 10.2. The number of ether oxygens (including phenoxy) is 2. The fraction of sp³-hybridized carbons (Fsp3) is 0.650. The summed E-state index contributed by atoms with van der Waals surface area (Å²) in [5.74, 6) is 2.06. The number of alkyl carbamates (subject to hydrolysis) is 1. The highest BCUT2D eigenvalue weighted by atomic mass is 127. The standard InChI is InChI=1S/C20H33N5O3.HI/c1-5-21-18(22-10-11-23-19(26)28-20(2,3)4)25-13-16-8-9-17(24-12-16)27-14-15-6-7-15;/h8-9,12,15H,5-7,10-11,13-14H2,1-4H3,(H,23,26)(H2,21,22,25);1H. The Balaban J connectivity index is 0.00000420. The quantitative estimate of drug-likeness (QED) is 0.201. The number of aromatic nitrogens is 1. The molecule has 8 nitrogen and oxygen atoms in total. The Morgan fingerprint density at radius 3 is 2.52 bits per heavy atom. The van der Waals surface area contributed by atoms with Crippen molar-refractivity contribution < 1.29 is 14.3 Å². The Hall–Kier alpha value is -1.78. The lowest BCUT2D eigenvalue weighted by Gasteiger charge is -2.19. The predicted octanol–water partition coefficient (Wildman–Crippen LogP) is 3.07. The number of rotatable bonds is 9. The summed E-state index contributed by atoms with van der Waals surface area (Å²) in [5, 5.41) is 9.07. The minimum atomic E-state index is -0.500. The lowest BCUT2D eigenvalue weighted by molar-refractivity contribution is 0.0529. The molecule has 3 N–H and O–H groups in total. The molecule has 0 saturated heterocycles. The summed E-state index contributed by atoms with van der Waals surface area (Å²) in [5.41, 5.74) is 0.503. The Labute approximate surface area is 190 Å². The van der Waals surface area contributed by atoms with Crippen LogP contribution in [0.2, 0.25) is 0 Å². The minimum absolute atomic E-state index is 0. The van der Waals surface area contributed by atoms with E-state index in [1.54, 1.807) is 6.20 Å². The van der Waals surface area contributed by atoms with Gasteiger partial charge in [0.05, 0.1) is 13.2 Å². The van der Waals surface area contributed by atoms with Gasteiger partial charge in [-0.05, 0) is 52.0 Å². The lowest BCUT2D eigenvalue weighted by Crippen LogP contribution is -2.42. The third-order valence-corrected chi connectivity index (χ3v) is 3.81. The molecule has 1 aliphatic carbocycles. The highest BCUT2D eigenvalue weighted by Gasteiger charge is 2.22. The van der Waals surface area contributed by atoms with Crippen LogP contribution in [0, 0.1) is 5.92 Å². The Bertz CT molecular complexity index is 643. The first-order chi connectivity index (χ1) is 13.4. The Morgan fingerprint density at radius 1 is 1.21 bits per heavy atom. The molecule has 2 rings (SSSR count). The zero-order valence-electron chi connectivity index (χ0n) is 17.8. The molecule has 0 aromatic carbocycles. The molecule has 0 radical (unpaired) electrons.